The standard InChI is InChI=1S/C19H15ClN2O4S/c1-2-25-15-9-11(10-16-17(23)22-19(21)27-16)3-8-14(15)26-18(24)12-4-6-13(20)7-5-12/h3-10H,2H2,1H3,(H2,21,22,23). The van der Waals surface area contributed by atoms with Crippen molar-refractivity contribution in [2.45, 2.75) is 6.92 Å². The first kappa shape index (κ1) is 19.0. The number of amides is 1. The Labute approximate surface area is 165 Å². The fraction of sp³-hybridized carbons (Fsp3) is 0.105. The zero-order valence-corrected chi connectivity index (χ0v) is 15.8. The molecule has 1 fully saturated rings. The van der Waals surface area contributed by atoms with Gasteiger partial charge in [-0.15, -0.1) is 0 Å². The third kappa shape index (κ3) is 4.69. The summed E-state index contributed by atoms with van der Waals surface area (Å²) in [7, 11) is 0. The van der Waals surface area contributed by atoms with Crippen LogP contribution in [0.5, 0.6) is 11.5 Å². The molecule has 2 aromatic carbocycles. The van der Waals surface area contributed by atoms with Crippen LogP contribution < -0.4 is 14.8 Å². The highest BCUT2D eigenvalue weighted by molar-refractivity contribution is 8.18. The number of thioether (sulfide) groups is 1. The lowest BCUT2D eigenvalue weighted by atomic mass is 10.1. The summed E-state index contributed by atoms with van der Waals surface area (Å²) in [5, 5.41) is 10.5. The number of benzene rings is 2. The van der Waals surface area contributed by atoms with Crippen LogP contribution in [-0.2, 0) is 4.79 Å². The van der Waals surface area contributed by atoms with Crippen LogP contribution in [0, 0.1) is 5.41 Å². The third-order valence-electron chi connectivity index (χ3n) is 3.51. The Kier molecular flexibility index (Phi) is 5.83. The molecule has 3 rings (SSSR count). The van der Waals surface area contributed by atoms with E-state index in [0.717, 1.165) is 11.8 Å². The Bertz CT molecular complexity index is 941. The summed E-state index contributed by atoms with van der Waals surface area (Å²) >= 11 is 6.88. The third-order valence-corrected chi connectivity index (χ3v) is 4.59. The maximum atomic E-state index is 12.3. The second-order valence-electron chi connectivity index (χ2n) is 5.43. The Morgan fingerprint density at radius 3 is 2.59 bits per heavy atom. The molecule has 27 heavy (non-hydrogen) atoms. The number of rotatable bonds is 5. The van der Waals surface area contributed by atoms with Crippen molar-refractivity contribution in [1.82, 2.24) is 5.32 Å². The van der Waals surface area contributed by atoms with Crippen molar-refractivity contribution in [2.24, 2.45) is 0 Å². The number of carbonyl (C=O) groups is 2. The Hall–Kier alpha value is -2.77. The first-order chi connectivity index (χ1) is 13.0. The van der Waals surface area contributed by atoms with Gasteiger partial charge in [0.15, 0.2) is 16.7 Å². The van der Waals surface area contributed by atoms with Crippen LogP contribution in [0.25, 0.3) is 6.08 Å². The van der Waals surface area contributed by atoms with Crippen LogP contribution in [0.1, 0.15) is 22.8 Å². The number of halogens is 1. The smallest absolute Gasteiger partial charge is 0.343 e. The topological polar surface area (TPSA) is 88.5 Å². The molecule has 1 aliphatic rings. The van der Waals surface area contributed by atoms with E-state index in [0.29, 0.717) is 33.4 Å². The first-order valence-corrected chi connectivity index (χ1v) is 9.19. The average Bonchev–Trinajstić information content (AvgIpc) is 2.95. The summed E-state index contributed by atoms with van der Waals surface area (Å²) < 4.78 is 11.0. The van der Waals surface area contributed by atoms with Gasteiger partial charge in [-0.2, -0.15) is 0 Å². The highest BCUT2D eigenvalue weighted by Crippen LogP contribution is 2.32. The number of hydrogen-bond donors (Lipinski definition) is 2. The second-order valence-corrected chi connectivity index (χ2v) is 6.92. The van der Waals surface area contributed by atoms with Gasteiger partial charge in [0.05, 0.1) is 17.1 Å². The van der Waals surface area contributed by atoms with Crippen LogP contribution in [-0.4, -0.2) is 23.7 Å². The quantitative estimate of drug-likeness (QED) is 0.446. The average molecular weight is 403 g/mol. The normalized spacial score (nSPS) is 15.0. The van der Waals surface area contributed by atoms with E-state index in [1.807, 2.05) is 6.92 Å². The summed E-state index contributed by atoms with van der Waals surface area (Å²) in [5.74, 6) is -0.193. The minimum Gasteiger partial charge on any atom is -0.490 e. The van der Waals surface area contributed by atoms with Gasteiger partial charge in [0.1, 0.15) is 0 Å². The molecule has 0 radical (unpaired) electrons. The minimum absolute atomic E-state index is 0.0878. The van der Waals surface area contributed by atoms with Gasteiger partial charge in [0.25, 0.3) is 5.91 Å². The molecule has 1 saturated heterocycles. The molecule has 0 spiro atoms. The highest BCUT2D eigenvalue weighted by atomic mass is 35.5. The Morgan fingerprint density at radius 1 is 1.22 bits per heavy atom. The van der Waals surface area contributed by atoms with Crippen molar-refractivity contribution in [3.8, 4) is 11.5 Å². The van der Waals surface area contributed by atoms with Crippen LogP contribution in [0.3, 0.4) is 0 Å². The van der Waals surface area contributed by atoms with Crippen molar-refractivity contribution >= 4 is 46.5 Å². The highest BCUT2D eigenvalue weighted by Gasteiger charge is 2.22. The lowest BCUT2D eigenvalue weighted by Gasteiger charge is -2.11. The van der Waals surface area contributed by atoms with Crippen molar-refractivity contribution in [2.75, 3.05) is 6.61 Å². The first-order valence-electron chi connectivity index (χ1n) is 8.00. The van der Waals surface area contributed by atoms with Crippen LogP contribution in [0.15, 0.2) is 47.4 Å². The van der Waals surface area contributed by atoms with Crippen molar-refractivity contribution in [1.29, 1.82) is 5.41 Å². The maximum absolute atomic E-state index is 12.3. The van der Waals surface area contributed by atoms with E-state index >= 15 is 0 Å². The summed E-state index contributed by atoms with van der Waals surface area (Å²) in [6, 6.07) is 11.4. The van der Waals surface area contributed by atoms with E-state index in [9.17, 15) is 9.59 Å². The van der Waals surface area contributed by atoms with E-state index in [4.69, 9.17) is 26.5 Å². The summed E-state index contributed by atoms with van der Waals surface area (Å²) in [6.07, 6.45) is 1.65. The number of ether oxygens (including phenoxy) is 2. The predicted molar refractivity (Wildman–Crippen MR) is 105 cm³/mol. The van der Waals surface area contributed by atoms with Gasteiger partial charge >= 0.3 is 5.97 Å². The number of esters is 1. The van der Waals surface area contributed by atoms with Crippen molar-refractivity contribution in [3.05, 3.63) is 63.5 Å². The van der Waals surface area contributed by atoms with E-state index in [-0.39, 0.29) is 16.8 Å². The van der Waals surface area contributed by atoms with Gasteiger partial charge in [0, 0.05) is 5.02 Å². The summed E-state index contributed by atoms with van der Waals surface area (Å²) in [5.41, 5.74) is 1.06. The largest absolute Gasteiger partial charge is 0.490 e. The molecule has 1 heterocycles. The fourth-order valence-corrected chi connectivity index (χ4v) is 3.13. The molecule has 1 aliphatic heterocycles. The van der Waals surface area contributed by atoms with Gasteiger partial charge in [0.2, 0.25) is 0 Å². The predicted octanol–water partition coefficient (Wildman–Crippen LogP) is 4.10. The SMILES string of the molecule is CCOc1cc(C=C2SC(=N)NC2=O)ccc1OC(=O)c1ccc(Cl)cc1. The van der Waals surface area contributed by atoms with E-state index in [1.54, 1.807) is 48.5 Å². The fourth-order valence-electron chi connectivity index (χ4n) is 2.30. The molecule has 0 saturated carbocycles. The molecule has 0 aromatic heterocycles. The molecule has 2 aromatic rings. The van der Waals surface area contributed by atoms with Crippen molar-refractivity contribution in [3.63, 3.8) is 0 Å². The van der Waals surface area contributed by atoms with Gasteiger partial charge in [-0.1, -0.05) is 17.7 Å². The minimum atomic E-state index is -0.530. The van der Waals surface area contributed by atoms with Crippen LogP contribution >= 0.6 is 23.4 Å². The monoisotopic (exact) mass is 402 g/mol. The van der Waals surface area contributed by atoms with E-state index in [1.165, 1.54) is 0 Å². The van der Waals surface area contributed by atoms with Gasteiger partial charge in [-0.05, 0) is 66.7 Å². The second kappa shape index (κ2) is 8.28. The Morgan fingerprint density at radius 2 is 1.96 bits per heavy atom. The number of amidine groups is 1. The molecule has 1 amide bonds. The molecule has 2 N–H and O–H groups in total. The van der Waals surface area contributed by atoms with Gasteiger partial charge in [-0.3, -0.25) is 10.2 Å². The Balaban J connectivity index is 1.84. The van der Waals surface area contributed by atoms with E-state index < -0.39 is 5.97 Å². The van der Waals surface area contributed by atoms with Crippen LogP contribution in [0.2, 0.25) is 5.02 Å². The summed E-state index contributed by atoms with van der Waals surface area (Å²) in [6.45, 7) is 2.20. The van der Waals surface area contributed by atoms with E-state index in [2.05, 4.69) is 5.32 Å². The molecular weight excluding hydrogens is 388 g/mol. The van der Waals surface area contributed by atoms with Gasteiger partial charge in [-0.25, -0.2) is 4.79 Å². The molecule has 0 bridgehead atoms. The molecule has 0 unspecified atom stereocenters. The molecule has 6 nitrogen and oxygen atoms in total. The van der Waals surface area contributed by atoms with Crippen molar-refractivity contribution < 1.29 is 19.1 Å². The number of hydrogen-bond acceptors (Lipinski definition) is 6. The zero-order valence-electron chi connectivity index (χ0n) is 14.2. The molecule has 0 atom stereocenters. The number of nitrogens with one attached hydrogen (secondary N) is 2. The van der Waals surface area contributed by atoms with Crippen LogP contribution in [0.4, 0.5) is 0 Å². The van der Waals surface area contributed by atoms with Gasteiger partial charge < -0.3 is 14.8 Å². The lowest BCUT2D eigenvalue weighted by molar-refractivity contribution is -0.115. The summed E-state index contributed by atoms with van der Waals surface area (Å²) in [4.78, 5) is 24.5. The number of carbonyl (C=O) groups excluding carboxylic acids is 2. The maximum Gasteiger partial charge on any atom is 0.343 e. The molecule has 0 aliphatic carbocycles. The molecule has 138 valence electrons. The molecule has 8 heteroatoms. The lowest BCUT2D eigenvalue weighted by Crippen LogP contribution is -2.18. The zero-order chi connectivity index (χ0) is 19.4. The molecular formula is C19H15ClN2O4S.